The van der Waals surface area contributed by atoms with Gasteiger partial charge in [0.05, 0.1) is 0 Å². The lowest BCUT2D eigenvalue weighted by Crippen LogP contribution is -2.54. The molecule has 1 aliphatic heterocycles. The lowest BCUT2D eigenvalue weighted by Gasteiger charge is -2.40. The zero-order valence-corrected chi connectivity index (χ0v) is 15.1. The number of alkyl halides is 3. The Labute approximate surface area is 158 Å². The molecule has 146 valence electrons. The number of nitrogens with one attached hydrogen (secondary N) is 1. The second-order valence-corrected chi connectivity index (χ2v) is 7.03. The van der Waals surface area contributed by atoms with Gasteiger partial charge in [-0.1, -0.05) is 18.2 Å². The normalized spacial score (nSPS) is 20.1. The van der Waals surface area contributed by atoms with E-state index in [2.05, 4.69) is 4.98 Å². The number of hydrogen-bond donors (Lipinski definition) is 1. The fourth-order valence-corrected chi connectivity index (χ4v) is 4.07. The number of aromatic nitrogens is 2. The molecule has 8 heteroatoms. The van der Waals surface area contributed by atoms with Crippen molar-refractivity contribution in [1.29, 1.82) is 0 Å². The average Bonchev–Trinajstić information content (AvgIpc) is 3.27. The quantitative estimate of drug-likeness (QED) is 0.729. The number of benzene rings is 1. The van der Waals surface area contributed by atoms with Crippen LogP contribution in [0.3, 0.4) is 0 Å². The van der Waals surface area contributed by atoms with Crippen molar-refractivity contribution in [3.63, 3.8) is 0 Å². The van der Waals surface area contributed by atoms with E-state index in [9.17, 15) is 22.8 Å². The molecule has 1 fully saturated rings. The Kier molecular flexibility index (Phi) is 4.10. The van der Waals surface area contributed by atoms with Crippen LogP contribution in [0.4, 0.5) is 13.2 Å². The summed E-state index contributed by atoms with van der Waals surface area (Å²) in [5.41, 5.74) is -2.32. The summed E-state index contributed by atoms with van der Waals surface area (Å²) in [6.07, 6.45) is -1.96. The van der Waals surface area contributed by atoms with E-state index in [1.165, 1.54) is 30.1 Å². The van der Waals surface area contributed by atoms with Crippen molar-refractivity contribution in [2.45, 2.75) is 24.6 Å². The van der Waals surface area contributed by atoms with Crippen LogP contribution in [-0.2, 0) is 12.6 Å². The van der Waals surface area contributed by atoms with Crippen molar-refractivity contribution in [3.05, 3.63) is 70.3 Å². The average molecular weight is 389 g/mol. The topological polar surface area (TPSA) is 58.1 Å². The summed E-state index contributed by atoms with van der Waals surface area (Å²) in [5, 5.41) is 0.434. The molecule has 2 aromatic heterocycles. The van der Waals surface area contributed by atoms with E-state index in [-0.39, 0.29) is 30.5 Å². The number of halogens is 3. The molecule has 1 atom stereocenters. The number of aryl methyl sites for hydroxylation is 1. The van der Waals surface area contributed by atoms with Gasteiger partial charge in [0.25, 0.3) is 11.5 Å². The number of fused-ring (bicyclic) bond motifs is 1. The highest BCUT2D eigenvalue weighted by Crippen LogP contribution is 2.52. The Morgan fingerprint density at radius 3 is 2.68 bits per heavy atom. The van der Waals surface area contributed by atoms with Gasteiger partial charge in [-0.3, -0.25) is 9.59 Å². The van der Waals surface area contributed by atoms with Gasteiger partial charge in [0.2, 0.25) is 0 Å². The maximum atomic E-state index is 14.5. The summed E-state index contributed by atoms with van der Waals surface area (Å²) < 4.78 is 44.8. The summed E-state index contributed by atoms with van der Waals surface area (Å²) >= 11 is 0. The van der Waals surface area contributed by atoms with Crippen LogP contribution < -0.4 is 5.56 Å². The highest BCUT2D eigenvalue weighted by Gasteiger charge is 2.63. The zero-order valence-electron chi connectivity index (χ0n) is 15.1. The third-order valence-corrected chi connectivity index (χ3v) is 5.48. The summed E-state index contributed by atoms with van der Waals surface area (Å²) in [7, 11) is 1.51. The number of carbonyl (C=O) groups is 1. The van der Waals surface area contributed by atoms with E-state index in [1.54, 1.807) is 24.3 Å². The molecule has 28 heavy (non-hydrogen) atoms. The predicted octanol–water partition coefficient (Wildman–Crippen LogP) is 3.56. The molecule has 0 bridgehead atoms. The van der Waals surface area contributed by atoms with Crippen molar-refractivity contribution >= 4 is 16.8 Å². The van der Waals surface area contributed by atoms with Crippen LogP contribution in [0.2, 0.25) is 0 Å². The number of aromatic amines is 1. The molecular formula is C20H18F3N3O2. The first kappa shape index (κ1) is 18.3. The van der Waals surface area contributed by atoms with Gasteiger partial charge in [-0.2, -0.15) is 13.2 Å². The van der Waals surface area contributed by atoms with Crippen LogP contribution in [0.15, 0.2) is 53.6 Å². The molecule has 0 radical (unpaired) electrons. The minimum absolute atomic E-state index is 0.0327. The lowest BCUT2D eigenvalue weighted by molar-refractivity contribution is -0.220. The molecule has 1 aliphatic rings. The molecule has 1 aromatic carbocycles. The smallest absolute Gasteiger partial charge is 0.361 e. The number of H-pyrrole nitrogens is 1. The fourth-order valence-electron chi connectivity index (χ4n) is 4.07. The van der Waals surface area contributed by atoms with Crippen molar-refractivity contribution in [2.24, 2.45) is 7.05 Å². The van der Waals surface area contributed by atoms with Crippen molar-refractivity contribution < 1.29 is 18.0 Å². The van der Waals surface area contributed by atoms with Gasteiger partial charge in [0.15, 0.2) is 5.54 Å². The Morgan fingerprint density at radius 2 is 1.96 bits per heavy atom. The molecule has 5 nitrogen and oxygen atoms in total. The number of pyridine rings is 1. The van der Waals surface area contributed by atoms with E-state index in [0.717, 1.165) is 11.0 Å². The van der Waals surface area contributed by atoms with Gasteiger partial charge in [-0.05, 0) is 25.0 Å². The molecule has 1 unspecified atom stereocenters. The molecule has 0 saturated carbocycles. The van der Waals surface area contributed by atoms with Crippen LogP contribution in [0.5, 0.6) is 0 Å². The first-order chi connectivity index (χ1) is 13.3. The van der Waals surface area contributed by atoms with E-state index in [1.807, 2.05) is 0 Å². The van der Waals surface area contributed by atoms with Crippen LogP contribution in [0.1, 0.15) is 28.8 Å². The number of nitrogens with zero attached hydrogens (tertiary/aromatic N) is 2. The van der Waals surface area contributed by atoms with E-state index in [4.69, 9.17) is 0 Å². The summed E-state index contributed by atoms with van der Waals surface area (Å²) in [4.78, 5) is 28.7. The first-order valence-corrected chi connectivity index (χ1v) is 8.88. The Balaban J connectivity index is 1.90. The van der Waals surface area contributed by atoms with E-state index in [0.29, 0.717) is 10.9 Å². The maximum absolute atomic E-state index is 14.5. The highest BCUT2D eigenvalue weighted by atomic mass is 19.4. The van der Waals surface area contributed by atoms with Crippen LogP contribution in [-0.4, -0.2) is 33.1 Å². The molecule has 3 heterocycles. The maximum Gasteiger partial charge on any atom is 0.416 e. The summed E-state index contributed by atoms with van der Waals surface area (Å²) in [6, 6.07) is 9.18. The van der Waals surface area contributed by atoms with Crippen LogP contribution in [0, 0.1) is 0 Å². The van der Waals surface area contributed by atoms with E-state index < -0.39 is 23.2 Å². The third kappa shape index (κ3) is 2.55. The molecule has 1 N–H and O–H groups in total. The lowest BCUT2D eigenvalue weighted by atomic mass is 9.85. The minimum Gasteiger partial charge on any atom is -0.361 e. The summed E-state index contributed by atoms with van der Waals surface area (Å²) in [5.74, 6) is -0.794. The van der Waals surface area contributed by atoms with Crippen LogP contribution >= 0.6 is 0 Å². The van der Waals surface area contributed by atoms with Gasteiger partial charge in [-0.25, -0.2) is 0 Å². The second-order valence-electron chi connectivity index (χ2n) is 7.03. The first-order valence-electron chi connectivity index (χ1n) is 8.88. The molecule has 3 aromatic rings. The number of hydrogen-bond acceptors (Lipinski definition) is 2. The number of para-hydroxylation sites is 1. The van der Waals surface area contributed by atoms with Gasteiger partial charge in [-0.15, -0.1) is 0 Å². The van der Waals surface area contributed by atoms with E-state index >= 15 is 0 Å². The van der Waals surface area contributed by atoms with Gasteiger partial charge >= 0.3 is 6.18 Å². The third-order valence-electron chi connectivity index (χ3n) is 5.48. The fraction of sp³-hybridized carbons (Fsp3) is 0.300. The largest absolute Gasteiger partial charge is 0.416 e. The number of rotatable bonds is 2. The van der Waals surface area contributed by atoms with Gasteiger partial charge in [0, 0.05) is 54.1 Å². The standard InChI is InChI=1S/C20H18F3N3O2/c1-25-10-7-13(11-17(25)27)18(28)26-9-4-8-19(26,20(21,22)23)15-12-24-16-6-3-2-5-14(15)16/h2-3,5-7,10-12,24H,4,8-9H2,1H3. The molecule has 0 spiro atoms. The van der Waals surface area contributed by atoms with Gasteiger partial charge in [0.1, 0.15) is 0 Å². The molecule has 1 amide bonds. The highest BCUT2D eigenvalue weighted by molar-refractivity contribution is 5.96. The molecule has 1 saturated heterocycles. The molecule has 4 rings (SSSR count). The Morgan fingerprint density at radius 1 is 1.21 bits per heavy atom. The SMILES string of the molecule is Cn1ccc(C(=O)N2CCCC2(c2c[nH]c3ccccc23)C(F)(F)F)cc1=O. The number of amides is 1. The second kappa shape index (κ2) is 6.25. The Hall–Kier alpha value is -3.03. The van der Waals surface area contributed by atoms with Crippen molar-refractivity contribution in [1.82, 2.24) is 14.5 Å². The van der Waals surface area contributed by atoms with Gasteiger partial charge < -0.3 is 14.5 Å². The number of likely N-dealkylation sites (tertiary alicyclic amines) is 1. The monoisotopic (exact) mass is 389 g/mol. The van der Waals surface area contributed by atoms with Crippen molar-refractivity contribution in [2.75, 3.05) is 6.54 Å². The molecular weight excluding hydrogens is 371 g/mol. The Bertz CT molecular complexity index is 1120. The van der Waals surface area contributed by atoms with Crippen LogP contribution in [0.25, 0.3) is 10.9 Å². The molecule has 0 aliphatic carbocycles. The minimum atomic E-state index is -4.68. The zero-order chi connectivity index (χ0) is 20.1. The van der Waals surface area contributed by atoms with Crippen molar-refractivity contribution in [3.8, 4) is 0 Å². The predicted molar refractivity (Wildman–Crippen MR) is 98.0 cm³/mol. The number of carbonyl (C=O) groups excluding carboxylic acids is 1. The summed E-state index contributed by atoms with van der Waals surface area (Å²) in [6.45, 7) is -0.0347.